The first kappa shape index (κ1) is 25.7. The lowest BCUT2D eigenvalue weighted by Gasteiger charge is -2.47. The maximum atomic E-state index is 11.9. The smallest absolute Gasteiger partial charge is 0.405 e. The fraction of sp³-hybridized carbons (Fsp3) is 0.500. The molecule has 0 saturated carbocycles. The number of hydrogen-bond donors (Lipinski definition) is 3. The maximum Gasteiger partial charge on any atom is 0.405 e. The zero-order chi connectivity index (χ0) is 23.8. The molecule has 0 aliphatic rings. The van der Waals surface area contributed by atoms with Gasteiger partial charge in [-0.25, -0.2) is 4.79 Å². The number of aliphatic hydroxyl groups excluding tert-OH is 1. The van der Waals surface area contributed by atoms with Crippen LogP contribution < -0.4 is 15.8 Å². The van der Waals surface area contributed by atoms with E-state index in [9.17, 15) is 9.90 Å². The Balaban J connectivity index is 2.19. The van der Waals surface area contributed by atoms with Gasteiger partial charge in [-0.15, -0.1) is 0 Å². The second-order valence-corrected chi connectivity index (χ2v) is 9.72. The van der Waals surface area contributed by atoms with Crippen LogP contribution in [0.1, 0.15) is 45.7 Å². The van der Waals surface area contributed by atoms with E-state index in [1.54, 1.807) is 0 Å². The van der Waals surface area contributed by atoms with Gasteiger partial charge in [-0.1, -0.05) is 77.1 Å². The molecule has 6 heteroatoms. The molecule has 0 aliphatic carbocycles. The third-order valence-electron chi connectivity index (χ3n) is 5.62. The highest BCUT2D eigenvalue weighted by Crippen LogP contribution is 2.40. The SMILES string of the molecule is CC(C)CNC[C@@H](O)[C@@](Cc1ccc(OCc2ccccc2)cc1)(OC(N)=O)C(C)(C)C. The normalized spacial score (nSPS) is 14.6. The predicted octanol–water partition coefficient (Wildman–Crippen LogP) is 4.29. The number of ether oxygens (including phenoxy) is 2. The van der Waals surface area contributed by atoms with Crippen LogP contribution in [-0.4, -0.2) is 36.0 Å². The molecule has 0 bridgehead atoms. The van der Waals surface area contributed by atoms with Crippen molar-refractivity contribution in [2.45, 2.75) is 59.4 Å². The number of primary amides is 1. The molecule has 0 aliphatic heterocycles. The molecular weight excluding hydrogens is 404 g/mol. The van der Waals surface area contributed by atoms with Crippen LogP contribution >= 0.6 is 0 Å². The van der Waals surface area contributed by atoms with Gasteiger partial charge in [0.1, 0.15) is 24.1 Å². The van der Waals surface area contributed by atoms with Crippen molar-refractivity contribution in [3.8, 4) is 5.75 Å². The Morgan fingerprint density at radius 1 is 1.00 bits per heavy atom. The van der Waals surface area contributed by atoms with E-state index in [0.717, 1.165) is 23.4 Å². The standard InChI is InChI=1S/C26H38N2O4/c1-19(2)16-28-17-23(29)26(25(3,4)5,32-24(27)30)15-20-11-13-22(14-12-20)31-18-21-9-7-6-8-10-21/h6-14,19,23,28-29H,15-18H2,1-5H3,(H2,27,30)/t23-,26-/m1/s1. The number of hydrogen-bond acceptors (Lipinski definition) is 5. The highest BCUT2D eigenvalue weighted by atomic mass is 16.6. The molecule has 0 radical (unpaired) electrons. The quantitative estimate of drug-likeness (QED) is 0.483. The molecule has 2 rings (SSSR count). The van der Waals surface area contributed by atoms with Gasteiger partial charge in [-0.2, -0.15) is 0 Å². The molecule has 0 spiro atoms. The fourth-order valence-corrected chi connectivity index (χ4v) is 3.74. The monoisotopic (exact) mass is 442 g/mol. The Hall–Kier alpha value is -2.57. The third-order valence-corrected chi connectivity index (χ3v) is 5.62. The first-order valence-electron chi connectivity index (χ1n) is 11.2. The summed E-state index contributed by atoms with van der Waals surface area (Å²) in [7, 11) is 0. The van der Waals surface area contributed by atoms with E-state index in [1.165, 1.54) is 0 Å². The number of carbonyl (C=O) groups excluding carboxylic acids is 1. The average Bonchev–Trinajstić information content (AvgIpc) is 2.72. The van der Waals surface area contributed by atoms with Crippen molar-refractivity contribution in [1.29, 1.82) is 0 Å². The maximum absolute atomic E-state index is 11.9. The fourth-order valence-electron chi connectivity index (χ4n) is 3.74. The first-order chi connectivity index (χ1) is 15.0. The Kier molecular flexibility index (Phi) is 9.10. The number of amides is 1. The molecule has 4 N–H and O–H groups in total. The minimum Gasteiger partial charge on any atom is -0.489 e. The molecule has 0 saturated heterocycles. The molecule has 0 unspecified atom stereocenters. The van der Waals surface area contributed by atoms with E-state index in [-0.39, 0.29) is 0 Å². The number of nitrogens with one attached hydrogen (secondary N) is 1. The lowest BCUT2D eigenvalue weighted by atomic mass is 9.69. The molecule has 2 atom stereocenters. The highest BCUT2D eigenvalue weighted by molar-refractivity contribution is 5.65. The molecule has 32 heavy (non-hydrogen) atoms. The molecule has 2 aromatic carbocycles. The van der Waals surface area contributed by atoms with Crippen LogP contribution in [0.15, 0.2) is 54.6 Å². The van der Waals surface area contributed by atoms with Gasteiger partial charge in [0.15, 0.2) is 0 Å². The van der Waals surface area contributed by atoms with Crippen molar-refractivity contribution in [1.82, 2.24) is 5.32 Å². The van der Waals surface area contributed by atoms with Crippen LogP contribution in [0.25, 0.3) is 0 Å². The Bertz CT molecular complexity index is 831. The second kappa shape index (κ2) is 11.3. The van der Waals surface area contributed by atoms with Crippen LogP contribution in [0.3, 0.4) is 0 Å². The van der Waals surface area contributed by atoms with E-state index in [0.29, 0.717) is 25.5 Å². The van der Waals surface area contributed by atoms with Crippen LogP contribution in [0.4, 0.5) is 4.79 Å². The van der Waals surface area contributed by atoms with E-state index < -0.39 is 23.2 Å². The Labute approximate surface area is 192 Å². The van der Waals surface area contributed by atoms with E-state index in [2.05, 4.69) is 19.2 Å². The minimum atomic E-state index is -1.20. The minimum absolute atomic E-state index is 0.293. The molecule has 0 fully saturated rings. The van der Waals surface area contributed by atoms with Gasteiger partial charge < -0.3 is 25.6 Å². The summed E-state index contributed by atoms with van der Waals surface area (Å²) in [5.41, 5.74) is 5.69. The lowest BCUT2D eigenvalue weighted by Crippen LogP contribution is -2.60. The van der Waals surface area contributed by atoms with Crippen molar-refractivity contribution < 1.29 is 19.4 Å². The van der Waals surface area contributed by atoms with Gasteiger partial charge in [0.05, 0.1) is 0 Å². The van der Waals surface area contributed by atoms with Gasteiger partial charge in [0, 0.05) is 18.4 Å². The first-order valence-corrected chi connectivity index (χ1v) is 11.2. The Morgan fingerprint density at radius 3 is 2.16 bits per heavy atom. The number of aliphatic hydroxyl groups is 1. The topological polar surface area (TPSA) is 93.8 Å². The molecule has 0 aromatic heterocycles. The molecule has 176 valence electrons. The lowest BCUT2D eigenvalue weighted by molar-refractivity contribution is -0.140. The van der Waals surface area contributed by atoms with Crippen molar-refractivity contribution in [2.24, 2.45) is 17.1 Å². The van der Waals surface area contributed by atoms with E-state index >= 15 is 0 Å². The van der Waals surface area contributed by atoms with Gasteiger partial charge in [-0.3, -0.25) is 0 Å². The van der Waals surface area contributed by atoms with Crippen molar-refractivity contribution in [2.75, 3.05) is 13.1 Å². The van der Waals surface area contributed by atoms with Crippen molar-refractivity contribution in [3.05, 3.63) is 65.7 Å². The summed E-state index contributed by atoms with van der Waals surface area (Å²) in [6.45, 7) is 11.5. The summed E-state index contributed by atoms with van der Waals surface area (Å²) < 4.78 is 11.5. The number of benzene rings is 2. The molecule has 1 amide bonds. The van der Waals surface area contributed by atoms with Gasteiger partial charge >= 0.3 is 6.09 Å². The van der Waals surface area contributed by atoms with Crippen LogP contribution in [0.5, 0.6) is 5.75 Å². The summed E-state index contributed by atoms with van der Waals surface area (Å²) >= 11 is 0. The molecule has 2 aromatic rings. The third kappa shape index (κ3) is 7.24. The zero-order valence-electron chi connectivity index (χ0n) is 19.9. The van der Waals surface area contributed by atoms with Gasteiger partial charge in [0.25, 0.3) is 0 Å². The summed E-state index contributed by atoms with van der Waals surface area (Å²) in [4.78, 5) is 11.9. The summed E-state index contributed by atoms with van der Waals surface area (Å²) in [5, 5.41) is 14.4. The number of nitrogens with two attached hydrogens (primary N) is 1. The van der Waals surface area contributed by atoms with E-state index in [4.69, 9.17) is 15.2 Å². The largest absolute Gasteiger partial charge is 0.489 e. The van der Waals surface area contributed by atoms with Gasteiger partial charge in [-0.05, 0) is 35.7 Å². The van der Waals surface area contributed by atoms with E-state index in [1.807, 2.05) is 75.4 Å². The molecular formula is C26H38N2O4. The van der Waals surface area contributed by atoms with Crippen molar-refractivity contribution in [3.63, 3.8) is 0 Å². The Morgan fingerprint density at radius 2 is 1.62 bits per heavy atom. The second-order valence-electron chi connectivity index (χ2n) is 9.72. The van der Waals surface area contributed by atoms with Gasteiger partial charge in [0.2, 0.25) is 0 Å². The van der Waals surface area contributed by atoms with Crippen LogP contribution in [-0.2, 0) is 17.8 Å². The zero-order valence-corrected chi connectivity index (χ0v) is 19.9. The highest BCUT2D eigenvalue weighted by Gasteiger charge is 2.51. The molecule has 6 nitrogen and oxygen atoms in total. The van der Waals surface area contributed by atoms with Crippen LogP contribution in [0.2, 0.25) is 0 Å². The number of carbonyl (C=O) groups is 1. The summed E-state index contributed by atoms with van der Waals surface area (Å²) in [5.74, 6) is 1.18. The van der Waals surface area contributed by atoms with Crippen LogP contribution in [0, 0.1) is 11.3 Å². The average molecular weight is 443 g/mol. The number of rotatable bonds is 11. The summed E-state index contributed by atoms with van der Waals surface area (Å²) in [6.07, 6.45) is -1.52. The molecule has 0 heterocycles. The van der Waals surface area contributed by atoms with Crippen molar-refractivity contribution >= 4 is 6.09 Å². The predicted molar refractivity (Wildman–Crippen MR) is 127 cm³/mol. The summed E-state index contributed by atoms with van der Waals surface area (Å²) in [6, 6.07) is 17.6.